The van der Waals surface area contributed by atoms with Crippen LogP contribution in [0.5, 0.6) is 0 Å². The fourth-order valence-corrected chi connectivity index (χ4v) is 6.68. The normalized spacial score (nSPS) is 12.6. The third-order valence-electron chi connectivity index (χ3n) is 6.83. The fourth-order valence-electron chi connectivity index (χ4n) is 4.31. The Kier molecular flexibility index (Phi) is 6.73. The van der Waals surface area contributed by atoms with E-state index >= 15 is 0 Å². The number of nitrogens with zero attached hydrogens (tertiary/aromatic N) is 2. The molecule has 180 valence electrons. The van der Waals surface area contributed by atoms with Crippen LogP contribution in [0, 0.1) is 0 Å². The maximum atomic E-state index is 5.14. The average Bonchev–Trinajstić information content (AvgIpc) is 2.83. The first-order valence-corrected chi connectivity index (χ1v) is 19.5. The lowest BCUT2D eigenvalue weighted by molar-refractivity contribution is 0.597. The Balaban J connectivity index is 1.72. The minimum absolute atomic E-state index is 0.321. The van der Waals surface area contributed by atoms with Gasteiger partial charge in [0.25, 0.3) is 0 Å². The molecule has 4 rings (SSSR count). The van der Waals surface area contributed by atoms with Gasteiger partial charge in [-0.05, 0) is 49.2 Å². The lowest BCUT2D eigenvalue weighted by Gasteiger charge is -2.25. The molecule has 0 saturated heterocycles. The van der Waals surface area contributed by atoms with E-state index in [9.17, 15) is 0 Å². The number of rotatable bonds is 6. The minimum Gasteiger partial charge on any atom is -0.252 e. The molecule has 0 aliphatic carbocycles. The van der Waals surface area contributed by atoms with E-state index in [0.29, 0.717) is 0 Å². The van der Waals surface area contributed by atoms with Crippen LogP contribution in [0.15, 0.2) is 84.9 Å². The van der Waals surface area contributed by atoms with Crippen molar-refractivity contribution < 1.29 is 0 Å². The zero-order valence-electron chi connectivity index (χ0n) is 22.5. The molecule has 0 radical (unpaired) electrons. The van der Waals surface area contributed by atoms with Crippen LogP contribution >= 0.6 is 0 Å². The summed E-state index contributed by atoms with van der Waals surface area (Å²) in [6, 6.07) is 30.6. The second kappa shape index (κ2) is 9.32. The molecular weight excluding hydrogens is 457 g/mol. The highest BCUT2D eigenvalue weighted by Crippen LogP contribution is 2.32. The molecule has 2 aromatic heterocycles. The van der Waals surface area contributed by atoms with Crippen LogP contribution in [-0.4, -0.2) is 26.1 Å². The van der Waals surface area contributed by atoms with E-state index in [1.807, 2.05) is 0 Å². The first-order valence-electron chi connectivity index (χ1n) is 12.5. The molecule has 35 heavy (non-hydrogen) atoms. The molecule has 0 spiro atoms. The quantitative estimate of drug-likeness (QED) is 0.264. The Morgan fingerprint density at radius 1 is 0.514 bits per heavy atom. The van der Waals surface area contributed by atoms with Gasteiger partial charge in [0, 0.05) is 5.41 Å². The highest BCUT2D eigenvalue weighted by molar-refractivity contribution is 6.89. The SMILES string of the molecule is CC(C)(c1cccc(-c2cccc([Si](C)(C)C)c2)n1)c1cccc(-c2cccc([Si](C)(C)C)c2)n1. The summed E-state index contributed by atoms with van der Waals surface area (Å²) >= 11 is 0. The second-order valence-corrected chi connectivity index (χ2v) is 22.3. The van der Waals surface area contributed by atoms with Crippen molar-refractivity contribution in [1.82, 2.24) is 9.97 Å². The number of hydrogen-bond donors (Lipinski definition) is 0. The van der Waals surface area contributed by atoms with Gasteiger partial charge < -0.3 is 0 Å². The molecule has 0 aliphatic rings. The minimum atomic E-state index is -1.39. The Labute approximate surface area is 213 Å². The van der Waals surface area contributed by atoms with Crippen LogP contribution in [0.3, 0.4) is 0 Å². The summed E-state index contributed by atoms with van der Waals surface area (Å²) in [5, 5.41) is 2.91. The van der Waals surface area contributed by atoms with Gasteiger partial charge in [-0.25, -0.2) is 0 Å². The van der Waals surface area contributed by atoms with Crippen molar-refractivity contribution in [2.24, 2.45) is 0 Å². The van der Waals surface area contributed by atoms with Crippen molar-refractivity contribution in [3.63, 3.8) is 0 Å². The Bertz CT molecular complexity index is 1240. The molecule has 0 amide bonds. The van der Waals surface area contributed by atoms with Gasteiger partial charge in [-0.2, -0.15) is 0 Å². The van der Waals surface area contributed by atoms with E-state index < -0.39 is 16.1 Å². The van der Waals surface area contributed by atoms with Crippen molar-refractivity contribution in [3.05, 3.63) is 96.3 Å². The van der Waals surface area contributed by atoms with Crippen molar-refractivity contribution in [3.8, 4) is 22.5 Å². The summed E-state index contributed by atoms with van der Waals surface area (Å²) in [7, 11) is -2.78. The molecule has 2 aromatic carbocycles. The standard InChI is InChI=1S/C31H38N2Si2/c1-31(2,29-19-11-17-27(32-29)23-13-9-15-25(21-23)34(3,4)5)30-20-12-18-28(33-30)24-14-10-16-26(22-24)35(6,7)8/h9-22H,1-8H3. The van der Waals surface area contributed by atoms with Gasteiger partial charge in [0.1, 0.15) is 0 Å². The summed E-state index contributed by atoms with van der Waals surface area (Å²) in [5.41, 5.74) is 6.17. The van der Waals surface area contributed by atoms with Crippen LogP contribution in [-0.2, 0) is 5.41 Å². The molecule has 0 atom stereocenters. The van der Waals surface area contributed by atoms with E-state index in [0.717, 1.165) is 22.8 Å². The average molecular weight is 495 g/mol. The molecule has 4 heteroatoms. The maximum absolute atomic E-state index is 5.14. The van der Waals surface area contributed by atoms with Crippen molar-refractivity contribution in [2.75, 3.05) is 0 Å². The van der Waals surface area contributed by atoms with Crippen molar-refractivity contribution >= 4 is 26.5 Å². The van der Waals surface area contributed by atoms with Gasteiger partial charge in [-0.3, -0.25) is 9.97 Å². The fraction of sp³-hybridized carbons (Fsp3) is 0.290. The summed E-state index contributed by atoms with van der Waals surface area (Å²) in [6.07, 6.45) is 0. The third-order valence-corrected chi connectivity index (χ3v) is 10.9. The maximum Gasteiger partial charge on any atom is 0.0776 e. The Hall–Kier alpha value is -2.83. The summed E-state index contributed by atoms with van der Waals surface area (Å²) in [6.45, 7) is 18.8. The highest BCUT2D eigenvalue weighted by atomic mass is 28.3. The van der Waals surface area contributed by atoms with Crippen LogP contribution in [0.25, 0.3) is 22.5 Å². The molecule has 4 aromatic rings. The largest absolute Gasteiger partial charge is 0.252 e. The van der Waals surface area contributed by atoms with Crippen molar-refractivity contribution in [1.29, 1.82) is 0 Å². The van der Waals surface area contributed by atoms with E-state index in [1.165, 1.54) is 21.5 Å². The predicted octanol–water partition coefficient (Wildman–Crippen LogP) is 7.23. The molecule has 0 bridgehead atoms. The molecule has 0 saturated carbocycles. The zero-order chi connectivity index (χ0) is 25.4. The monoisotopic (exact) mass is 494 g/mol. The lowest BCUT2D eigenvalue weighted by atomic mass is 9.84. The van der Waals surface area contributed by atoms with Crippen LogP contribution < -0.4 is 10.4 Å². The topological polar surface area (TPSA) is 25.8 Å². The lowest BCUT2D eigenvalue weighted by Crippen LogP contribution is -2.37. The second-order valence-electron chi connectivity index (χ2n) is 12.1. The molecule has 0 N–H and O–H groups in total. The van der Waals surface area contributed by atoms with Gasteiger partial charge >= 0.3 is 0 Å². The van der Waals surface area contributed by atoms with Crippen LogP contribution in [0.1, 0.15) is 25.2 Å². The van der Waals surface area contributed by atoms with Crippen LogP contribution in [0.2, 0.25) is 39.3 Å². The summed E-state index contributed by atoms with van der Waals surface area (Å²) in [5.74, 6) is 0. The molecule has 2 heterocycles. The first kappa shape index (κ1) is 25.3. The Morgan fingerprint density at radius 2 is 0.886 bits per heavy atom. The summed E-state index contributed by atoms with van der Waals surface area (Å²) in [4.78, 5) is 10.3. The number of benzene rings is 2. The first-order chi connectivity index (χ1) is 16.4. The third kappa shape index (κ3) is 5.54. The number of aromatic nitrogens is 2. The molecule has 2 nitrogen and oxygen atoms in total. The number of hydrogen-bond acceptors (Lipinski definition) is 2. The van der Waals surface area contributed by atoms with E-state index in [1.54, 1.807) is 0 Å². The molecule has 0 aliphatic heterocycles. The molecule has 0 fully saturated rings. The van der Waals surface area contributed by atoms with Crippen LogP contribution in [0.4, 0.5) is 0 Å². The van der Waals surface area contributed by atoms with E-state index in [-0.39, 0.29) is 5.41 Å². The Morgan fingerprint density at radius 3 is 1.26 bits per heavy atom. The van der Waals surface area contributed by atoms with E-state index in [2.05, 4.69) is 138 Å². The van der Waals surface area contributed by atoms with E-state index in [4.69, 9.17) is 9.97 Å². The van der Waals surface area contributed by atoms with Gasteiger partial charge in [0.2, 0.25) is 0 Å². The van der Waals surface area contributed by atoms with Gasteiger partial charge in [0.15, 0.2) is 0 Å². The molecule has 0 unspecified atom stereocenters. The molecular formula is C31H38N2Si2. The predicted molar refractivity (Wildman–Crippen MR) is 157 cm³/mol. The van der Waals surface area contributed by atoms with Crippen molar-refractivity contribution in [2.45, 2.75) is 58.5 Å². The highest BCUT2D eigenvalue weighted by Gasteiger charge is 2.27. The smallest absolute Gasteiger partial charge is 0.0776 e. The summed E-state index contributed by atoms with van der Waals surface area (Å²) < 4.78 is 0. The zero-order valence-corrected chi connectivity index (χ0v) is 24.5. The van der Waals surface area contributed by atoms with Gasteiger partial charge in [-0.15, -0.1) is 0 Å². The van der Waals surface area contributed by atoms with Gasteiger partial charge in [-0.1, -0.05) is 110 Å². The van der Waals surface area contributed by atoms with Gasteiger partial charge in [0.05, 0.1) is 38.9 Å². The number of pyridine rings is 2.